The first-order valence-electron chi connectivity index (χ1n) is 8.37. The monoisotopic (exact) mass is 289 g/mol. The molecule has 0 bridgehead atoms. The highest BCUT2D eigenvalue weighted by atomic mass is 16.5. The Hall–Kier alpha value is -1.02. The molecule has 118 valence electrons. The van der Waals surface area contributed by atoms with E-state index < -0.39 is 0 Å². The van der Waals surface area contributed by atoms with Crippen LogP contribution in [0.15, 0.2) is 18.2 Å². The topological polar surface area (TPSA) is 35.2 Å². The summed E-state index contributed by atoms with van der Waals surface area (Å²) in [5.41, 5.74) is 9.01. The second kappa shape index (κ2) is 6.83. The highest BCUT2D eigenvalue weighted by Gasteiger charge is 2.23. The van der Waals surface area contributed by atoms with Gasteiger partial charge in [0.25, 0.3) is 0 Å². The van der Waals surface area contributed by atoms with Crippen molar-refractivity contribution in [2.24, 2.45) is 11.7 Å². The molecule has 1 aliphatic rings. The summed E-state index contributed by atoms with van der Waals surface area (Å²) < 4.78 is 6.11. The Morgan fingerprint density at radius 2 is 1.86 bits per heavy atom. The van der Waals surface area contributed by atoms with Gasteiger partial charge < -0.3 is 10.5 Å². The van der Waals surface area contributed by atoms with Gasteiger partial charge in [0.05, 0.1) is 0 Å². The summed E-state index contributed by atoms with van der Waals surface area (Å²) in [5, 5.41) is 0. The molecule has 0 radical (unpaired) electrons. The summed E-state index contributed by atoms with van der Waals surface area (Å²) in [4.78, 5) is 0. The van der Waals surface area contributed by atoms with Crippen LogP contribution in [0.5, 0.6) is 5.75 Å². The lowest BCUT2D eigenvalue weighted by Crippen LogP contribution is -2.37. The molecule has 0 aliphatic heterocycles. The van der Waals surface area contributed by atoms with Gasteiger partial charge in [-0.1, -0.05) is 57.7 Å². The van der Waals surface area contributed by atoms with E-state index in [4.69, 9.17) is 10.5 Å². The van der Waals surface area contributed by atoms with Gasteiger partial charge in [-0.3, -0.25) is 0 Å². The van der Waals surface area contributed by atoms with Gasteiger partial charge >= 0.3 is 0 Å². The second-order valence-corrected chi connectivity index (χ2v) is 7.62. The van der Waals surface area contributed by atoms with Crippen molar-refractivity contribution in [2.75, 3.05) is 6.61 Å². The SMILES string of the molecule is Cc1ccc(OCC(N)C2CCCCC2)c(C(C)(C)C)c1. The van der Waals surface area contributed by atoms with Crippen LogP contribution in [0.1, 0.15) is 64.0 Å². The molecule has 0 saturated heterocycles. The highest BCUT2D eigenvalue weighted by molar-refractivity contribution is 5.41. The van der Waals surface area contributed by atoms with E-state index in [0.29, 0.717) is 12.5 Å². The van der Waals surface area contributed by atoms with Gasteiger partial charge in [0, 0.05) is 6.04 Å². The number of nitrogens with two attached hydrogens (primary N) is 1. The fourth-order valence-corrected chi connectivity index (χ4v) is 3.24. The van der Waals surface area contributed by atoms with Crippen LogP contribution in [0.4, 0.5) is 0 Å². The van der Waals surface area contributed by atoms with Gasteiger partial charge in [0.2, 0.25) is 0 Å². The van der Waals surface area contributed by atoms with Crippen molar-refractivity contribution in [3.8, 4) is 5.75 Å². The van der Waals surface area contributed by atoms with E-state index in [9.17, 15) is 0 Å². The zero-order valence-electron chi connectivity index (χ0n) is 14.1. The number of aryl methyl sites for hydroxylation is 1. The smallest absolute Gasteiger partial charge is 0.123 e. The third kappa shape index (κ3) is 4.47. The first-order chi connectivity index (χ1) is 9.88. The molecule has 21 heavy (non-hydrogen) atoms. The maximum Gasteiger partial charge on any atom is 0.123 e. The van der Waals surface area contributed by atoms with Gasteiger partial charge in [-0.25, -0.2) is 0 Å². The van der Waals surface area contributed by atoms with Crippen molar-refractivity contribution in [3.05, 3.63) is 29.3 Å². The number of benzene rings is 1. The fourth-order valence-electron chi connectivity index (χ4n) is 3.24. The van der Waals surface area contributed by atoms with Crippen LogP contribution >= 0.6 is 0 Å². The molecule has 1 atom stereocenters. The summed E-state index contributed by atoms with van der Waals surface area (Å²) in [7, 11) is 0. The molecule has 2 N–H and O–H groups in total. The van der Waals surface area contributed by atoms with Crippen molar-refractivity contribution in [1.29, 1.82) is 0 Å². The lowest BCUT2D eigenvalue weighted by atomic mass is 9.84. The first kappa shape index (κ1) is 16.4. The van der Waals surface area contributed by atoms with E-state index in [-0.39, 0.29) is 11.5 Å². The quantitative estimate of drug-likeness (QED) is 0.880. The minimum Gasteiger partial charge on any atom is -0.492 e. The molecule has 1 aromatic rings. The van der Waals surface area contributed by atoms with Crippen LogP contribution < -0.4 is 10.5 Å². The maximum atomic E-state index is 6.36. The Labute approximate surface area is 130 Å². The molecule has 0 aromatic heterocycles. The van der Waals surface area contributed by atoms with Crippen LogP contribution in [0.2, 0.25) is 0 Å². The van der Waals surface area contributed by atoms with Gasteiger partial charge in [-0.2, -0.15) is 0 Å². The van der Waals surface area contributed by atoms with E-state index in [0.717, 1.165) is 5.75 Å². The molecule has 1 saturated carbocycles. The largest absolute Gasteiger partial charge is 0.492 e. The van der Waals surface area contributed by atoms with E-state index in [1.165, 1.54) is 43.2 Å². The molecule has 1 fully saturated rings. The molecule has 1 aromatic carbocycles. The standard InChI is InChI=1S/C19H31NO/c1-14-10-11-18(16(12-14)19(2,3)4)21-13-17(20)15-8-6-5-7-9-15/h10-12,15,17H,5-9,13,20H2,1-4H3. The number of ether oxygens (including phenoxy) is 1. The predicted molar refractivity (Wildman–Crippen MR) is 89.9 cm³/mol. The zero-order chi connectivity index (χ0) is 15.5. The molecule has 0 spiro atoms. The summed E-state index contributed by atoms with van der Waals surface area (Å²) >= 11 is 0. The molecule has 1 unspecified atom stereocenters. The van der Waals surface area contributed by atoms with Crippen molar-refractivity contribution in [2.45, 2.75) is 71.3 Å². The van der Waals surface area contributed by atoms with Crippen molar-refractivity contribution < 1.29 is 4.74 Å². The van der Waals surface area contributed by atoms with E-state index in [1.807, 2.05) is 0 Å². The normalized spacial score (nSPS) is 18.5. The molecule has 2 nitrogen and oxygen atoms in total. The summed E-state index contributed by atoms with van der Waals surface area (Å²) in [6.07, 6.45) is 6.57. The third-order valence-electron chi connectivity index (χ3n) is 4.63. The van der Waals surface area contributed by atoms with Crippen LogP contribution in [0.3, 0.4) is 0 Å². The Morgan fingerprint density at radius 1 is 1.19 bits per heavy atom. The highest BCUT2D eigenvalue weighted by Crippen LogP contribution is 2.33. The average molecular weight is 289 g/mol. The van der Waals surface area contributed by atoms with Crippen LogP contribution in [0, 0.1) is 12.8 Å². The Balaban J connectivity index is 2.02. The van der Waals surface area contributed by atoms with E-state index in [1.54, 1.807) is 0 Å². The number of hydrogen-bond donors (Lipinski definition) is 1. The number of rotatable bonds is 4. The third-order valence-corrected chi connectivity index (χ3v) is 4.63. The molecule has 2 heteroatoms. The van der Waals surface area contributed by atoms with Gasteiger partial charge in [0.15, 0.2) is 0 Å². The molecular weight excluding hydrogens is 258 g/mol. The Morgan fingerprint density at radius 3 is 2.48 bits per heavy atom. The molecule has 0 heterocycles. The molecular formula is C19H31NO. The van der Waals surface area contributed by atoms with E-state index >= 15 is 0 Å². The first-order valence-corrected chi connectivity index (χ1v) is 8.37. The van der Waals surface area contributed by atoms with Crippen molar-refractivity contribution in [3.63, 3.8) is 0 Å². The summed E-state index contributed by atoms with van der Waals surface area (Å²) in [6.45, 7) is 9.46. The molecule has 1 aliphatic carbocycles. The Kier molecular flexibility index (Phi) is 5.32. The summed E-state index contributed by atoms with van der Waals surface area (Å²) in [6, 6.07) is 6.63. The molecule has 2 rings (SSSR count). The predicted octanol–water partition coefficient (Wildman–Crippen LogP) is 4.58. The number of hydrogen-bond acceptors (Lipinski definition) is 2. The zero-order valence-corrected chi connectivity index (χ0v) is 14.1. The average Bonchev–Trinajstić information content (AvgIpc) is 2.45. The lowest BCUT2D eigenvalue weighted by Gasteiger charge is -2.29. The summed E-state index contributed by atoms with van der Waals surface area (Å²) in [5.74, 6) is 1.64. The maximum absolute atomic E-state index is 6.36. The van der Waals surface area contributed by atoms with Gasteiger partial charge in [-0.05, 0) is 42.7 Å². The van der Waals surface area contributed by atoms with Crippen molar-refractivity contribution >= 4 is 0 Å². The van der Waals surface area contributed by atoms with E-state index in [2.05, 4.69) is 45.9 Å². The second-order valence-electron chi connectivity index (χ2n) is 7.62. The van der Waals surface area contributed by atoms with Gasteiger partial charge in [-0.15, -0.1) is 0 Å². The van der Waals surface area contributed by atoms with Crippen molar-refractivity contribution in [1.82, 2.24) is 0 Å². The van der Waals surface area contributed by atoms with Crippen LogP contribution in [-0.2, 0) is 5.41 Å². The lowest BCUT2D eigenvalue weighted by molar-refractivity contribution is 0.211. The molecule has 0 amide bonds. The minimum atomic E-state index is 0.0935. The van der Waals surface area contributed by atoms with Gasteiger partial charge in [0.1, 0.15) is 12.4 Å². The van der Waals surface area contributed by atoms with Crippen LogP contribution in [0.25, 0.3) is 0 Å². The fraction of sp³-hybridized carbons (Fsp3) is 0.684. The minimum absolute atomic E-state index is 0.0935. The van der Waals surface area contributed by atoms with Crippen LogP contribution in [-0.4, -0.2) is 12.6 Å². The Bertz CT molecular complexity index is 455.